The zero-order valence-electron chi connectivity index (χ0n) is 12.7. The molecule has 2 aromatic heterocycles. The van der Waals surface area contributed by atoms with Crippen LogP contribution in [0.4, 0.5) is 0 Å². The molecule has 0 aliphatic carbocycles. The minimum absolute atomic E-state index is 0.624. The van der Waals surface area contributed by atoms with Crippen LogP contribution in [0.2, 0.25) is 0 Å². The standard InChI is InChI=1S/C14H21N5OS/c1-4-15-14(19(3)10-12-6-5-9-21-12)16-8-7-13-17-11(2)18-20-13/h5-6,9H,4,7-8,10H2,1-3H3,(H,15,16). The van der Waals surface area contributed by atoms with Crippen LogP contribution in [0.25, 0.3) is 0 Å². The summed E-state index contributed by atoms with van der Waals surface area (Å²) in [5.41, 5.74) is 0. The third-order valence-electron chi connectivity index (χ3n) is 2.83. The lowest BCUT2D eigenvalue weighted by atomic mass is 10.4. The molecule has 21 heavy (non-hydrogen) atoms. The molecule has 2 rings (SSSR count). The molecule has 0 amide bonds. The maximum Gasteiger partial charge on any atom is 0.228 e. The molecule has 0 radical (unpaired) electrons. The van der Waals surface area contributed by atoms with Crippen LogP contribution >= 0.6 is 11.3 Å². The summed E-state index contributed by atoms with van der Waals surface area (Å²) in [6, 6.07) is 4.20. The van der Waals surface area contributed by atoms with Gasteiger partial charge in [-0.25, -0.2) is 0 Å². The molecule has 0 bridgehead atoms. The van der Waals surface area contributed by atoms with Crippen LogP contribution in [0, 0.1) is 6.92 Å². The minimum Gasteiger partial charge on any atom is -0.357 e. The highest BCUT2D eigenvalue weighted by atomic mass is 32.1. The Hall–Kier alpha value is -1.89. The van der Waals surface area contributed by atoms with Gasteiger partial charge in [-0.05, 0) is 25.3 Å². The summed E-state index contributed by atoms with van der Waals surface area (Å²) >= 11 is 1.75. The predicted octanol–water partition coefficient (Wildman–Crippen LogP) is 2.08. The van der Waals surface area contributed by atoms with Gasteiger partial charge in [0.2, 0.25) is 5.89 Å². The monoisotopic (exact) mass is 307 g/mol. The molecule has 0 unspecified atom stereocenters. The lowest BCUT2D eigenvalue weighted by molar-refractivity contribution is 0.375. The molecular formula is C14H21N5OS. The number of aromatic nitrogens is 2. The molecule has 0 aromatic carbocycles. The molecule has 114 valence electrons. The second-order valence-electron chi connectivity index (χ2n) is 4.66. The number of nitrogens with zero attached hydrogens (tertiary/aromatic N) is 4. The first kappa shape index (κ1) is 15.5. The van der Waals surface area contributed by atoms with E-state index >= 15 is 0 Å². The van der Waals surface area contributed by atoms with Crippen molar-refractivity contribution in [2.24, 2.45) is 4.99 Å². The van der Waals surface area contributed by atoms with Crippen molar-refractivity contribution in [2.75, 3.05) is 20.1 Å². The fraction of sp³-hybridized carbons (Fsp3) is 0.500. The van der Waals surface area contributed by atoms with Crippen LogP contribution in [0.15, 0.2) is 27.0 Å². The SMILES string of the molecule is CCNC(=NCCc1nc(C)no1)N(C)Cc1cccs1. The van der Waals surface area contributed by atoms with Crippen molar-refractivity contribution in [3.8, 4) is 0 Å². The first-order valence-electron chi connectivity index (χ1n) is 7.00. The Morgan fingerprint density at radius 2 is 2.38 bits per heavy atom. The van der Waals surface area contributed by atoms with Crippen LogP contribution in [0.5, 0.6) is 0 Å². The molecule has 0 saturated carbocycles. The number of hydrogen-bond acceptors (Lipinski definition) is 5. The molecule has 6 nitrogen and oxygen atoms in total. The number of aliphatic imine (C=N–C) groups is 1. The normalized spacial score (nSPS) is 11.7. The van der Waals surface area contributed by atoms with Gasteiger partial charge in [-0.3, -0.25) is 4.99 Å². The van der Waals surface area contributed by atoms with E-state index in [0.29, 0.717) is 24.7 Å². The molecule has 0 spiro atoms. The Bertz CT molecular complexity index is 564. The number of hydrogen-bond donors (Lipinski definition) is 1. The maximum absolute atomic E-state index is 5.09. The highest BCUT2D eigenvalue weighted by molar-refractivity contribution is 7.09. The molecule has 7 heteroatoms. The van der Waals surface area contributed by atoms with Crippen molar-refractivity contribution >= 4 is 17.3 Å². The second-order valence-corrected chi connectivity index (χ2v) is 5.69. The first-order chi connectivity index (χ1) is 10.2. The maximum atomic E-state index is 5.09. The van der Waals surface area contributed by atoms with E-state index in [0.717, 1.165) is 19.0 Å². The lowest BCUT2D eigenvalue weighted by Crippen LogP contribution is -2.38. The Balaban J connectivity index is 1.91. The van der Waals surface area contributed by atoms with Gasteiger partial charge in [-0.15, -0.1) is 11.3 Å². The van der Waals surface area contributed by atoms with Crippen LogP contribution in [-0.4, -0.2) is 41.1 Å². The fourth-order valence-corrected chi connectivity index (χ4v) is 2.64. The van der Waals surface area contributed by atoms with Gasteiger partial charge in [0, 0.05) is 24.9 Å². The van der Waals surface area contributed by atoms with Gasteiger partial charge in [0.1, 0.15) is 0 Å². The molecule has 2 aromatic rings. The third-order valence-corrected chi connectivity index (χ3v) is 3.69. The van der Waals surface area contributed by atoms with E-state index in [4.69, 9.17) is 4.52 Å². The average Bonchev–Trinajstić information content (AvgIpc) is 3.09. The summed E-state index contributed by atoms with van der Waals surface area (Å²) in [7, 11) is 2.04. The van der Waals surface area contributed by atoms with Crippen LogP contribution in [0.1, 0.15) is 23.5 Å². The second kappa shape index (κ2) is 7.78. The van der Waals surface area contributed by atoms with Crippen molar-refractivity contribution in [1.82, 2.24) is 20.4 Å². The van der Waals surface area contributed by atoms with Gasteiger partial charge in [0.15, 0.2) is 11.8 Å². The molecule has 1 N–H and O–H groups in total. The Morgan fingerprint density at radius 1 is 1.52 bits per heavy atom. The summed E-state index contributed by atoms with van der Waals surface area (Å²) in [4.78, 5) is 12.2. The Kier molecular flexibility index (Phi) is 5.74. The number of rotatable bonds is 6. The zero-order chi connectivity index (χ0) is 15.1. The summed E-state index contributed by atoms with van der Waals surface area (Å²) in [6.07, 6.45) is 0.655. The Morgan fingerprint density at radius 3 is 3.00 bits per heavy atom. The van der Waals surface area contributed by atoms with Crippen molar-refractivity contribution in [2.45, 2.75) is 26.8 Å². The Labute approximate surface area is 128 Å². The van der Waals surface area contributed by atoms with Crippen LogP contribution < -0.4 is 5.32 Å². The zero-order valence-corrected chi connectivity index (χ0v) is 13.5. The third kappa shape index (κ3) is 4.86. The van der Waals surface area contributed by atoms with Gasteiger partial charge in [0.05, 0.1) is 13.1 Å². The van der Waals surface area contributed by atoms with E-state index in [-0.39, 0.29) is 0 Å². The molecule has 0 fully saturated rings. The molecule has 0 aliphatic rings. The molecule has 0 saturated heterocycles. The largest absolute Gasteiger partial charge is 0.357 e. The van der Waals surface area contributed by atoms with Crippen molar-refractivity contribution in [1.29, 1.82) is 0 Å². The van der Waals surface area contributed by atoms with Gasteiger partial charge in [-0.2, -0.15) is 4.98 Å². The van der Waals surface area contributed by atoms with E-state index in [1.807, 2.05) is 14.0 Å². The van der Waals surface area contributed by atoms with E-state index in [2.05, 4.69) is 49.8 Å². The fourth-order valence-electron chi connectivity index (χ4n) is 1.88. The van der Waals surface area contributed by atoms with E-state index in [9.17, 15) is 0 Å². The van der Waals surface area contributed by atoms with Gasteiger partial charge in [-0.1, -0.05) is 11.2 Å². The van der Waals surface area contributed by atoms with Crippen molar-refractivity contribution in [3.05, 3.63) is 34.1 Å². The number of nitrogens with one attached hydrogen (secondary N) is 1. The molecular weight excluding hydrogens is 286 g/mol. The molecule has 2 heterocycles. The van der Waals surface area contributed by atoms with Crippen LogP contribution in [-0.2, 0) is 13.0 Å². The van der Waals surface area contributed by atoms with Gasteiger partial charge < -0.3 is 14.7 Å². The summed E-state index contributed by atoms with van der Waals surface area (Å²) in [6.45, 7) is 6.19. The molecule has 0 aliphatic heterocycles. The van der Waals surface area contributed by atoms with Crippen molar-refractivity contribution < 1.29 is 4.52 Å². The number of aryl methyl sites for hydroxylation is 1. The number of thiophene rings is 1. The van der Waals surface area contributed by atoms with E-state index < -0.39 is 0 Å². The quantitative estimate of drug-likeness (QED) is 0.654. The summed E-state index contributed by atoms with van der Waals surface area (Å²) in [5, 5.41) is 9.17. The topological polar surface area (TPSA) is 66.5 Å². The summed E-state index contributed by atoms with van der Waals surface area (Å²) < 4.78 is 5.09. The summed E-state index contributed by atoms with van der Waals surface area (Å²) in [5.74, 6) is 2.19. The first-order valence-corrected chi connectivity index (χ1v) is 7.88. The lowest BCUT2D eigenvalue weighted by Gasteiger charge is -2.21. The highest BCUT2D eigenvalue weighted by Crippen LogP contribution is 2.10. The van der Waals surface area contributed by atoms with E-state index in [1.165, 1.54) is 4.88 Å². The average molecular weight is 307 g/mol. The minimum atomic E-state index is 0.624. The van der Waals surface area contributed by atoms with E-state index in [1.54, 1.807) is 11.3 Å². The number of guanidine groups is 1. The van der Waals surface area contributed by atoms with Gasteiger partial charge in [0.25, 0.3) is 0 Å². The predicted molar refractivity (Wildman–Crippen MR) is 84.5 cm³/mol. The van der Waals surface area contributed by atoms with Gasteiger partial charge >= 0.3 is 0 Å². The van der Waals surface area contributed by atoms with Crippen molar-refractivity contribution in [3.63, 3.8) is 0 Å². The van der Waals surface area contributed by atoms with Crippen LogP contribution in [0.3, 0.4) is 0 Å². The smallest absolute Gasteiger partial charge is 0.228 e. The molecule has 0 atom stereocenters. The highest BCUT2D eigenvalue weighted by Gasteiger charge is 2.08.